The number of ether oxygens (including phenoxy) is 1. The van der Waals surface area contributed by atoms with Crippen LogP contribution in [0.1, 0.15) is 10.5 Å². The minimum absolute atomic E-state index is 0.138. The summed E-state index contributed by atoms with van der Waals surface area (Å²) >= 11 is 1.82. The molecule has 1 heterocycles. The number of carbonyl (C=O) groups excluding carboxylic acids is 1. The summed E-state index contributed by atoms with van der Waals surface area (Å²) in [5.74, 6) is -1.02. The summed E-state index contributed by atoms with van der Waals surface area (Å²) in [6.45, 7) is 0. The largest absolute Gasteiger partial charge is 0.464 e. The van der Waals surface area contributed by atoms with Crippen molar-refractivity contribution >= 4 is 28.6 Å². The fourth-order valence-corrected chi connectivity index (χ4v) is 1.32. The highest BCUT2D eigenvalue weighted by molar-refractivity contribution is 14.1. The van der Waals surface area contributed by atoms with Crippen molar-refractivity contribution in [2.24, 2.45) is 0 Å². The fraction of sp³-hybridized carbons (Fsp3) is 0.143. The van der Waals surface area contributed by atoms with Gasteiger partial charge in [0.1, 0.15) is 5.82 Å². The number of methoxy groups -OCH3 is 1. The van der Waals surface area contributed by atoms with E-state index < -0.39 is 11.8 Å². The number of carbonyl (C=O) groups is 1. The van der Waals surface area contributed by atoms with E-state index in [-0.39, 0.29) is 5.69 Å². The first kappa shape index (κ1) is 9.37. The maximum absolute atomic E-state index is 12.5. The van der Waals surface area contributed by atoms with Crippen LogP contribution in [-0.4, -0.2) is 18.1 Å². The van der Waals surface area contributed by atoms with Gasteiger partial charge in [0, 0.05) is 3.57 Å². The predicted molar refractivity (Wildman–Crippen MR) is 48.3 cm³/mol. The van der Waals surface area contributed by atoms with Crippen LogP contribution in [0.15, 0.2) is 12.3 Å². The molecule has 0 atom stereocenters. The van der Waals surface area contributed by atoms with Crippen LogP contribution in [0.2, 0.25) is 0 Å². The monoisotopic (exact) mass is 281 g/mol. The molecule has 0 aliphatic rings. The van der Waals surface area contributed by atoms with E-state index in [9.17, 15) is 9.18 Å². The van der Waals surface area contributed by atoms with Crippen LogP contribution in [0.5, 0.6) is 0 Å². The number of rotatable bonds is 1. The molecule has 0 aliphatic heterocycles. The lowest BCUT2D eigenvalue weighted by Gasteiger charge is -1.99. The molecule has 0 bridgehead atoms. The number of hydrogen-bond acceptors (Lipinski definition) is 3. The van der Waals surface area contributed by atoms with Crippen molar-refractivity contribution < 1.29 is 13.9 Å². The zero-order chi connectivity index (χ0) is 9.14. The summed E-state index contributed by atoms with van der Waals surface area (Å²) in [6, 6.07) is 1.22. The van der Waals surface area contributed by atoms with Crippen molar-refractivity contribution in [3.8, 4) is 0 Å². The number of esters is 1. The quantitative estimate of drug-likeness (QED) is 0.580. The Labute approximate surface area is 82.1 Å². The third-order valence-electron chi connectivity index (χ3n) is 1.19. The summed E-state index contributed by atoms with van der Waals surface area (Å²) in [5, 5.41) is 0. The molecule has 0 N–H and O–H groups in total. The number of hydrogen-bond donors (Lipinski definition) is 0. The van der Waals surface area contributed by atoms with Crippen LogP contribution in [0.25, 0.3) is 0 Å². The normalized spacial score (nSPS) is 9.58. The first-order valence-electron chi connectivity index (χ1n) is 3.04. The first-order valence-corrected chi connectivity index (χ1v) is 4.12. The van der Waals surface area contributed by atoms with Gasteiger partial charge in [-0.25, -0.2) is 14.2 Å². The number of pyridine rings is 1. The average molecular weight is 281 g/mol. The Morgan fingerprint density at radius 1 is 1.75 bits per heavy atom. The summed E-state index contributed by atoms with van der Waals surface area (Å²) in [5.41, 5.74) is 0.138. The Morgan fingerprint density at radius 2 is 2.42 bits per heavy atom. The molecule has 0 aromatic carbocycles. The van der Waals surface area contributed by atoms with Gasteiger partial charge in [0.15, 0.2) is 5.69 Å². The van der Waals surface area contributed by atoms with Gasteiger partial charge in [0.2, 0.25) is 0 Å². The molecular weight excluding hydrogens is 276 g/mol. The highest BCUT2D eigenvalue weighted by Gasteiger charge is 2.11. The minimum atomic E-state index is -0.556. The molecule has 1 aromatic rings. The molecular formula is C7H5FINO2. The molecule has 0 fully saturated rings. The van der Waals surface area contributed by atoms with E-state index in [1.807, 2.05) is 22.6 Å². The lowest BCUT2D eigenvalue weighted by molar-refractivity contribution is 0.0592. The average Bonchev–Trinajstić information content (AvgIpc) is 2.03. The highest BCUT2D eigenvalue weighted by atomic mass is 127. The SMILES string of the molecule is COC(=O)c1ncc(F)cc1I. The summed E-state index contributed by atoms with van der Waals surface area (Å²) in [7, 11) is 1.25. The zero-order valence-electron chi connectivity index (χ0n) is 6.17. The second kappa shape index (κ2) is 3.79. The van der Waals surface area contributed by atoms with Crippen LogP contribution in [0.3, 0.4) is 0 Å². The molecule has 64 valence electrons. The van der Waals surface area contributed by atoms with Crippen molar-refractivity contribution in [3.05, 3.63) is 27.3 Å². The summed E-state index contributed by atoms with van der Waals surface area (Å²) in [6.07, 6.45) is 0.981. The van der Waals surface area contributed by atoms with Gasteiger partial charge in [-0.3, -0.25) is 0 Å². The van der Waals surface area contributed by atoms with Gasteiger partial charge in [-0.15, -0.1) is 0 Å². The van der Waals surface area contributed by atoms with Crippen molar-refractivity contribution in [1.29, 1.82) is 0 Å². The number of halogens is 2. The standard InChI is InChI=1S/C7H5FINO2/c1-12-7(11)6-5(9)2-4(8)3-10-6/h2-3H,1H3. The van der Waals surface area contributed by atoms with Gasteiger partial charge in [-0.05, 0) is 28.7 Å². The van der Waals surface area contributed by atoms with E-state index in [2.05, 4.69) is 9.72 Å². The molecule has 1 rings (SSSR count). The summed E-state index contributed by atoms with van der Waals surface area (Å²) < 4.78 is 17.4. The van der Waals surface area contributed by atoms with Gasteiger partial charge in [-0.1, -0.05) is 0 Å². The topological polar surface area (TPSA) is 39.2 Å². The van der Waals surface area contributed by atoms with Crippen molar-refractivity contribution in [1.82, 2.24) is 4.98 Å². The Hall–Kier alpha value is -0.720. The molecule has 0 spiro atoms. The maximum atomic E-state index is 12.5. The molecule has 3 nitrogen and oxygen atoms in total. The van der Waals surface area contributed by atoms with Crippen LogP contribution in [0, 0.1) is 9.39 Å². The second-order valence-corrected chi connectivity index (χ2v) is 3.14. The Bertz CT molecular complexity index is 316. The van der Waals surface area contributed by atoms with E-state index in [0.29, 0.717) is 3.57 Å². The molecule has 0 amide bonds. The van der Waals surface area contributed by atoms with Crippen molar-refractivity contribution in [3.63, 3.8) is 0 Å². The molecule has 12 heavy (non-hydrogen) atoms. The van der Waals surface area contributed by atoms with Gasteiger partial charge in [0.05, 0.1) is 13.3 Å². The minimum Gasteiger partial charge on any atom is -0.464 e. The second-order valence-electron chi connectivity index (χ2n) is 1.98. The van der Waals surface area contributed by atoms with Crippen molar-refractivity contribution in [2.75, 3.05) is 7.11 Å². The van der Waals surface area contributed by atoms with Crippen LogP contribution in [-0.2, 0) is 4.74 Å². The lowest BCUT2D eigenvalue weighted by Crippen LogP contribution is -2.06. The van der Waals surface area contributed by atoms with Gasteiger partial charge >= 0.3 is 5.97 Å². The molecule has 0 saturated heterocycles. The molecule has 5 heteroatoms. The van der Waals surface area contributed by atoms with Crippen LogP contribution < -0.4 is 0 Å². The van der Waals surface area contributed by atoms with E-state index in [1.165, 1.54) is 13.2 Å². The molecule has 1 aromatic heterocycles. The maximum Gasteiger partial charge on any atom is 0.357 e. The summed E-state index contributed by atoms with van der Waals surface area (Å²) in [4.78, 5) is 14.5. The number of aromatic nitrogens is 1. The van der Waals surface area contributed by atoms with Gasteiger partial charge in [0.25, 0.3) is 0 Å². The highest BCUT2D eigenvalue weighted by Crippen LogP contribution is 2.11. The van der Waals surface area contributed by atoms with Crippen LogP contribution >= 0.6 is 22.6 Å². The third kappa shape index (κ3) is 1.90. The molecule has 0 saturated carbocycles. The zero-order valence-corrected chi connectivity index (χ0v) is 8.33. The number of nitrogens with zero attached hydrogens (tertiary/aromatic N) is 1. The molecule has 0 radical (unpaired) electrons. The van der Waals surface area contributed by atoms with E-state index in [1.54, 1.807) is 0 Å². The van der Waals surface area contributed by atoms with E-state index in [4.69, 9.17) is 0 Å². The third-order valence-corrected chi connectivity index (χ3v) is 2.01. The lowest BCUT2D eigenvalue weighted by atomic mass is 10.3. The smallest absolute Gasteiger partial charge is 0.357 e. The first-order chi connectivity index (χ1) is 5.65. The fourth-order valence-electron chi connectivity index (χ4n) is 0.661. The molecule has 0 aliphatic carbocycles. The van der Waals surface area contributed by atoms with E-state index in [0.717, 1.165) is 6.20 Å². The van der Waals surface area contributed by atoms with Crippen molar-refractivity contribution in [2.45, 2.75) is 0 Å². The van der Waals surface area contributed by atoms with Gasteiger partial charge < -0.3 is 4.74 Å². The Kier molecular flexibility index (Phi) is 2.96. The Balaban J connectivity index is 3.09. The Morgan fingerprint density at radius 3 is 2.92 bits per heavy atom. The predicted octanol–water partition coefficient (Wildman–Crippen LogP) is 1.61. The molecule has 0 unspecified atom stereocenters. The van der Waals surface area contributed by atoms with Crippen LogP contribution in [0.4, 0.5) is 4.39 Å². The van der Waals surface area contributed by atoms with E-state index >= 15 is 0 Å². The van der Waals surface area contributed by atoms with Gasteiger partial charge in [-0.2, -0.15) is 0 Å².